The van der Waals surface area contributed by atoms with E-state index in [-0.39, 0.29) is 5.92 Å². The third-order valence-electron chi connectivity index (χ3n) is 3.47. The van der Waals surface area contributed by atoms with Gasteiger partial charge in [-0.05, 0) is 49.2 Å². The molecule has 0 saturated heterocycles. The molecule has 0 bridgehead atoms. The van der Waals surface area contributed by atoms with Crippen molar-refractivity contribution in [1.82, 2.24) is 0 Å². The van der Waals surface area contributed by atoms with Gasteiger partial charge >= 0.3 is 0 Å². The Kier molecular flexibility index (Phi) is 7.07. The minimum absolute atomic E-state index is 0.0568. The van der Waals surface area contributed by atoms with Gasteiger partial charge in [0.15, 0.2) is 0 Å². The van der Waals surface area contributed by atoms with Gasteiger partial charge in [-0.3, -0.25) is 0 Å². The van der Waals surface area contributed by atoms with Crippen molar-refractivity contribution in [2.24, 2.45) is 0 Å². The second kappa shape index (κ2) is 8.81. The van der Waals surface area contributed by atoms with Gasteiger partial charge in [-0.2, -0.15) is 0 Å². The Hall–Kier alpha value is -0.900. The smallest absolute Gasteiger partial charge is 0.120 e. The van der Waals surface area contributed by atoms with Crippen LogP contribution in [-0.4, -0.2) is 18.5 Å². The first-order valence-electron chi connectivity index (χ1n) is 7.51. The fraction of sp³-hybridized carbons (Fsp3) is 0.333. The third kappa shape index (κ3) is 4.56. The SMILES string of the molecule is CCOc1ccc(C(CBr)c2ccc(OCC)cc2Cl)c(Cl)c1. The molecule has 0 aliphatic carbocycles. The van der Waals surface area contributed by atoms with Crippen molar-refractivity contribution in [2.75, 3.05) is 18.5 Å². The molecule has 5 heteroatoms. The highest BCUT2D eigenvalue weighted by atomic mass is 79.9. The van der Waals surface area contributed by atoms with Crippen LogP contribution in [0.15, 0.2) is 36.4 Å². The van der Waals surface area contributed by atoms with Gasteiger partial charge in [0.1, 0.15) is 11.5 Å². The number of rotatable bonds is 7. The first-order chi connectivity index (χ1) is 11.1. The summed E-state index contributed by atoms with van der Waals surface area (Å²) in [7, 11) is 0. The Bertz CT molecular complexity index is 606. The molecule has 0 unspecified atom stereocenters. The summed E-state index contributed by atoms with van der Waals surface area (Å²) in [6, 6.07) is 11.5. The van der Waals surface area contributed by atoms with Crippen LogP contribution in [0.25, 0.3) is 0 Å². The summed E-state index contributed by atoms with van der Waals surface area (Å²) in [5.41, 5.74) is 2.02. The third-order valence-corrected chi connectivity index (χ3v) is 4.77. The van der Waals surface area contributed by atoms with Gasteiger partial charge in [0, 0.05) is 21.3 Å². The van der Waals surface area contributed by atoms with Crippen molar-refractivity contribution in [3.05, 3.63) is 57.6 Å². The lowest BCUT2D eigenvalue weighted by Gasteiger charge is -2.19. The predicted octanol–water partition coefficient (Wildman–Crippen LogP) is 6.32. The zero-order valence-electron chi connectivity index (χ0n) is 13.1. The fourth-order valence-corrected chi connectivity index (χ4v) is 3.73. The largest absolute Gasteiger partial charge is 0.494 e. The number of hydrogen-bond donors (Lipinski definition) is 0. The molecule has 2 nitrogen and oxygen atoms in total. The van der Waals surface area contributed by atoms with Crippen LogP contribution in [-0.2, 0) is 0 Å². The monoisotopic (exact) mass is 416 g/mol. The Morgan fingerprint density at radius 2 is 1.30 bits per heavy atom. The number of halogens is 3. The van der Waals surface area contributed by atoms with E-state index in [2.05, 4.69) is 15.9 Å². The van der Waals surface area contributed by atoms with Crippen LogP contribution in [0.3, 0.4) is 0 Å². The number of alkyl halides is 1. The van der Waals surface area contributed by atoms with Crippen LogP contribution >= 0.6 is 39.1 Å². The summed E-state index contributed by atoms with van der Waals surface area (Å²) >= 11 is 16.5. The van der Waals surface area contributed by atoms with Crippen molar-refractivity contribution >= 4 is 39.1 Å². The Labute approximate surface area is 155 Å². The van der Waals surface area contributed by atoms with E-state index in [1.54, 1.807) is 0 Å². The number of hydrogen-bond acceptors (Lipinski definition) is 2. The molecule has 0 saturated carbocycles. The molecule has 0 N–H and O–H groups in total. The van der Waals surface area contributed by atoms with Crippen molar-refractivity contribution < 1.29 is 9.47 Å². The van der Waals surface area contributed by atoms with Crippen LogP contribution in [0.4, 0.5) is 0 Å². The fourth-order valence-electron chi connectivity index (χ4n) is 2.43. The molecule has 0 radical (unpaired) electrons. The van der Waals surface area contributed by atoms with Crippen LogP contribution in [0.2, 0.25) is 10.0 Å². The zero-order valence-corrected chi connectivity index (χ0v) is 16.2. The van der Waals surface area contributed by atoms with E-state index in [9.17, 15) is 0 Å². The van der Waals surface area contributed by atoms with Crippen molar-refractivity contribution in [2.45, 2.75) is 19.8 Å². The number of ether oxygens (including phenoxy) is 2. The molecule has 0 aliphatic rings. The topological polar surface area (TPSA) is 18.5 Å². The van der Waals surface area contributed by atoms with Crippen molar-refractivity contribution in [1.29, 1.82) is 0 Å². The maximum absolute atomic E-state index is 6.45. The normalized spacial score (nSPS) is 10.9. The molecule has 0 atom stereocenters. The summed E-state index contributed by atoms with van der Waals surface area (Å²) in [5, 5.41) is 2.06. The van der Waals surface area contributed by atoms with Gasteiger partial charge in [-0.15, -0.1) is 0 Å². The maximum atomic E-state index is 6.45. The quantitative estimate of drug-likeness (QED) is 0.490. The van der Waals surface area contributed by atoms with Crippen LogP contribution < -0.4 is 9.47 Å². The Morgan fingerprint density at radius 3 is 1.61 bits per heavy atom. The summed E-state index contributed by atoms with van der Waals surface area (Å²) in [6.45, 7) is 5.12. The van der Waals surface area contributed by atoms with Gasteiger partial charge in [0.05, 0.1) is 13.2 Å². The van der Waals surface area contributed by atoms with E-state index < -0.39 is 0 Å². The lowest BCUT2D eigenvalue weighted by atomic mass is 9.93. The second-order valence-corrected chi connectivity index (χ2v) is 6.40. The van der Waals surface area contributed by atoms with Crippen LogP contribution in [0.1, 0.15) is 30.9 Å². The van der Waals surface area contributed by atoms with Gasteiger partial charge in [0.25, 0.3) is 0 Å². The zero-order chi connectivity index (χ0) is 16.8. The summed E-state index contributed by atoms with van der Waals surface area (Å²) in [4.78, 5) is 0. The van der Waals surface area contributed by atoms with E-state index >= 15 is 0 Å². The second-order valence-electron chi connectivity index (χ2n) is 4.94. The molecule has 23 heavy (non-hydrogen) atoms. The van der Waals surface area contributed by atoms with Gasteiger partial charge in [-0.1, -0.05) is 51.3 Å². The first kappa shape index (κ1) is 18.4. The first-order valence-corrected chi connectivity index (χ1v) is 9.38. The summed E-state index contributed by atoms with van der Waals surface area (Å²) in [5.74, 6) is 1.60. The standard InChI is InChI=1S/C18H19BrCl2O2/c1-3-22-12-5-7-14(17(20)9-12)16(11-19)15-8-6-13(23-4-2)10-18(15)21/h5-10,16H,3-4,11H2,1-2H3. The maximum Gasteiger partial charge on any atom is 0.120 e. The number of benzene rings is 2. The van der Waals surface area contributed by atoms with Crippen LogP contribution in [0, 0.1) is 0 Å². The summed E-state index contributed by atoms with van der Waals surface area (Å²) in [6.07, 6.45) is 0. The molecule has 124 valence electrons. The van der Waals surface area contributed by atoms with Gasteiger partial charge in [0.2, 0.25) is 0 Å². The van der Waals surface area contributed by atoms with Crippen molar-refractivity contribution in [3.63, 3.8) is 0 Å². The lowest BCUT2D eigenvalue weighted by molar-refractivity contribution is 0.340. The van der Waals surface area contributed by atoms with E-state index in [1.165, 1.54) is 0 Å². The molecule has 0 aromatic heterocycles. The minimum Gasteiger partial charge on any atom is -0.494 e. The highest BCUT2D eigenvalue weighted by Gasteiger charge is 2.19. The molecule has 0 aliphatic heterocycles. The summed E-state index contributed by atoms with van der Waals surface area (Å²) < 4.78 is 11.0. The molecule has 2 aromatic carbocycles. The average molecular weight is 418 g/mol. The Morgan fingerprint density at radius 1 is 0.870 bits per heavy atom. The lowest BCUT2D eigenvalue weighted by Crippen LogP contribution is -2.05. The molecule has 0 spiro atoms. The minimum atomic E-state index is 0.0568. The molecular weight excluding hydrogens is 399 g/mol. The highest BCUT2D eigenvalue weighted by Crippen LogP contribution is 2.38. The molecule has 2 rings (SSSR count). The van der Waals surface area contributed by atoms with E-state index in [0.29, 0.717) is 28.6 Å². The van der Waals surface area contributed by atoms with Gasteiger partial charge in [-0.25, -0.2) is 0 Å². The molecular formula is C18H19BrCl2O2. The average Bonchev–Trinajstić information content (AvgIpc) is 2.52. The van der Waals surface area contributed by atoms with Crippen LogP contribution in [0.5, 0.6) is 11.5 Å². The molecule has 0 fully saturated rings. The van der Waals surface area contributed by atoms with E-state index in [1.807, 2.05) is 50.2 Å². The predicted molar refractivity (Wildman–Crippen MR) is 101 cm³/mol. The highest BCUT2D eigenvalue weighted by molar-refractivity contribution is 9.09. The van der Waals surface area contributed by atoms with Crippen molar-refractivity contribution in [3.8, 4) is 11.5 Å². The van der Waals surface area contributed by atoms with E-state index in [4.69, 9.17) is 32.7 Å². The Balaban J connectivity index is 2.36. The molecule has 0 heterocycles. The van der Waals surface area contributed by atoms with E-state index in [0.717, 1.165) is 22.6 Å². The van der Waals surface area contributed by atoms with Gasteiger partial charge < -0.3 is 9.47 Å². The molecule has 0 amide bonds. The molecule has 2 aromatic rings.